The Morgan fingerprint density at radius 3 is 2.14 bits per heavy atom. The number of halogens is 2. The minimum atomic E-state index is -3.94. The van der Waals surface area contributed by atoms with Gasteiger partial charge in [0.15, 0.2) is 0 Å². The first-order chi connectivity index (χ1) is 9.45. The molecule has 5 nitrogen and oxygen atoms in total. The molecule has 0 atom stereocenters. The second kappa shape index (κ2) is 6.52. The van der Waals surface area contributed by atoms with Crippen molar-refractivity contribution in [2.45, 2.75) is 31.2 Å². The van der Waals surface area contributed by atoms with Crippen LogP contribution in [0.2, 0.25) is 10.0 Å². The van der Waals surface area contributed by atoms with Gasteiger partial charge < -0.3 is 5.32 Å². The Hall–Kier alpha value is -0.820. The highest BCUT2D eigenvalue weighted by Gasteiger charge is 2.28. The number of nitrogens with one attached hydrogen (secondary N) is 1. The molecule has 1 N–H and O–H groups in total. The van der Waals surface area contributed by atoms with Crippen molar-refractivity contribution >= 4 is 39.1 Å². The van der Waals surface area contributed by atoms with Crippen LogP contribution in [0.15, 0.2) is 23.1 Å². The van der Waals surface area contributed by atoms with Gasteiger partial charge in [-0.2, -0.15) is 4.31 Å². The van der Waals surface area contributed by atoms with Crippen molar-refractivity contribution < 1.29 is 13.2 Å². The molecule has 0 bridgehead atoms. The van der Waals surface area contributed by atoms with Gasteiger partial charge in [-0.3, -0.25) is 4.79 Å². The van der Waals surface area contributed by atoms with Crippen LogP contribution in [0.4, 0.5) is 0 Å². The zero-order chi connectivity index (χ0) is 16.4. The van der Waals surface area contributed by atoms with Gasteiger partial charge in [0.25, 0.3) is 0 Å². The van der Waals surface area contributed by atoms with Gasteiger partial charge in [-0.25, -0.2) is 8.42 Å². The van der Waals surface area contributed by atoms with E-state index in [1.807, 2.05) is 20.8 Å². The quantitative estimate of drug-likeness (QED) is 0.905. The number of hydrogen-bond acceptors (Lipinski definition) is 3. The first-order valence-electron chi connectivity index (χ1n) is 6.16. The number of carbonyl (C=O) groups is 1. The third-order valence-corrected chi connectivity index (χ3v) is 5.23. The summed E-state index contributed by atoms with van der Waals surface area (Å²) in [5.41, 5.74) is -0.441. The lowest BCUT2D eigenvalue weighted by molar-refractivity contribution is -0.122. The van der Waals surface area contributed by atoms with Crippen molar-refractivity contribution in [2.75, 3.05) is 13.6 Å². The van der Waals surface area contributed by atoms with Crippen molar-refractivity contribution in [2.24, 2.45) is 0 Å². The first kappa shape index (κ1) is 18.2. The summed E-state index contributed by atoms with van der Waals surface area (Å²) in [6.07, 6.45) is 0. The Bertz CT molecular complexity index is 619. The molecule has 0 unspecified atom stereocenters. The van der Waals surface area contributed by atoms with E-state index in [0.717, 1.165) is 4.31 Å². The Labute approximate surface area is 135 Å². The van der Waals surface area contributed by atoms with Crippen LogP contribution in [-0.2, 0) is 14.8 Å². The maximum atomic E-state index is 12.5. The topological polar surface area (TPSA) is 66.5 Å². The van der Waals surface area contributed by atoms with Gasteiger partial charge >= 0.3 is 0 Å². The predicted molar refractivity (Wildman–Crippen MR) is 84.2 cm³/mol. The molecule has 1 amide bonds. The Kier molecular flexibility index (Phi) is 5.66. The maximum Gasteiger partial charge on any atom is 0.246 e. The number of benzene rings is 1. The number of likely N-dealkylation sites (N-methyl/N-ethyl adjacent to an activating group) is 1. The summed E-state index contributed by atoms with van der Waals surface area (Å²) in [7, 11) is -2.64. The van der Waals surface area contributed by atoms with Gasteiger partial charge in [-0.05, 0) is 32.9 Å². The lowest BCUT2D eigenvalue weighted by Gasteiger charge is -2.23. The highest BCUT2D eigenvalue weighted by molar-refractivity contribution is 7.89. The Balaban J connectivity index is 3.01. The van der Waals surface area contributed by atoms with Crippen LogP contribution in [0.5, 0.6) is 0 Å². The molecule has 0 radical (unpaired) electrons. The van der Waals surface area contributed by atoms with Gasteiger partial charge in [0.1, 0.15) is 4.90 Å². The van der Waals surface area contributed by atoms with Gasteiger partial charge in [0, 0.05) is 12.6 Å². The summed E-state index contributed by atoms with van der Waals surface area (Å²) < 4.78 is 25.8. The highest BCUT2D eigenvalue weighted by atomic mass is 35.5. The van der Waals surface area contributed by atoms with Crippen molar-refractivity contribution in [3.8, 4) is 0 Å². The van der Waals surface area contributed by atoms with Gasteiger partial charge in [-0.15, -0.1) is 0 Å². The van der Waals surface area contributed by atoms with Crippen molar-refractivity contribution in [3.05, 3.63) is 28.2 Å². The van der Waals surface area contributed by atoms with Crippen molar-refractivity contribution in [1.29, 1.82) is 0 Å². The fraction of sp³-hybridized carbons (Fsp3) is 0.462. The highest BCUT2D eigenvalue weighted by Crippen LogP contribution is 2.30. The third-order valence-electron chi connectivity index (χ3n) is 2.47. The van der Waals surface area contributed by atoms with Gasteiger partial charge in [-0.1, -0.05) is 29.3 Å². The minimum absolute atomic E-state index is 0.0191. The average Bonchev–Trinajstić information content (AvgIpc) is 2.25. The molecular weight excluding hydrogens is 335 g/mol. The molecule has 21 heavy (non-hydrogen) atoms. The molecule has 0 saturated carbocycles. The summed E-state index contributed by atoms with van der Waals surface area (Å²) in [4.78, 5) is 11.6. The minimum Gasteiger partial charge on any atom is -0.350 e. The summed E-state index contributed by atoms with van der Waals surface area (Å²) in [6, 6.07) is 4.42. The molecule has 0 saturated heterocycles. The fourth-order valence-electron chi connectivity index (χ4n) is 1.63. The zero-order valence-corrected chi connectivity index (χ0v) is 14.6. The van der Waals surface area contributed by atoms with Crippen LogP contribution < -0.4 is 5.32 Å². The smallest absolute Gasteiger partial charge is 0.246 e. The molecule has 1 aromatic rings. The molecule has 0 fully saturated rings. The molecule has 0 aromatic heterocycles. The van der Waals surface area contributed by atoms with Crippen LogP contribution in [0, 0.1) is 0 Å². The first-order valence-corrected chi connectivity index (χ1v) is 8.36. The molecule has 0 aliphatic heterocycles. The van der Waals surface area contributed by atoms with E-state index in [2.05, 4.69) is 5.32 Å². The van der Waals surface area contributed by atoms with Crippen molar-refractivity contribution in [1.82, 2.24) is 9.62 Å². The molecule has 1 aromatic carbocycles. The second-order valence-electron chi connectivity index (χ2n) is 5.61. The zero-order valence-electron chi connectivity index (χ0n) is 12.3. The van der Waals surface area contributed by atoms with E-state index in [-0.39, 0.29) is 21.5 Å². The Morgan fingerprint density at radius 1 is 1.24 bits per heavy atom. The molecule has 0 spiro atoms. The van der Waals surface area contributed by atoms with E-state index in [4.69, 9.17) is 23.2 Å². The van der Waals surface area contributed by atoms with Crippen LogP contribution in [0.1, 0.15) is 20.8 Å². The van der Waals surface area contributed by atoms with Crippen LogP contribution in [0.3, 0.4) is 0 Å². The average molecular weight is 353 g/mol. The molecule has 1 rings (SSSR count). The number of rotatable bonds is 4. The molecule has 0 heterocycles. The number of sulfonamides is 1. The van der Waals surface area contributed by atoms with Crippen LogP contribution >= 0.6 is 23.2 Å². The second-order valence-corrected chi connectivity index (χ2v) is 8.41. The molecule has 0 aliphatic carbocycles. The number of amides is 1. The van der Waals surface area contributed by atoms with E-state index in [1.165, 1.54) is 19.2 Å². The predicted octanol–water partition coefficient (Wildman–Crippen LogP) is 2.53. The standard InChI is InChI=1S/C13H18Cl2N2O3S/c1-13(2,3)16-11(18)8-17(4)21(19,20)12-9(14)6-5-7-10(12)15/h5-7H,8H2,1-4H3,(H,16,18). The normalized spacial score (nSPS) is 12.5. The summed E-state index contributed by atoms with van der Waals surface area (Å²) in [5.74, 6) is -0.406. The fourth-order valence-corrected chi connectivity index (χ4v) is 3.84. The van der Waals surface area contributed by atoms with Gasteiger partial charge in [0.2, 0.25) is 15.9 Å². The molecule has 118 valence electrons. The summed E-state index contributed by atoms with van der Waals surface area (Å²) in [5, 5.41) is 2.73. The number of carbonyl (C=O) groups excluding carboxylic acids is 1. The van der Waals surface area contributed by atoms with E-state index in [1.54, 1.807) is 6.07 Å². The lowest BCUT2D eigenvalue weighted by Crippen LogP contribution is -2.46. The number of nitrogens with zero attached hydrogens (tertiary/aromatic N) is 1. The third kappa shape index (κ3) is 4.85. The largest absolute Gasteiger partial charge is 0.350 e. The lowest BCUT2D eigenvalue weighted by atomic mass is 10.1. The monoisotopic (exact) mass is 352 g/mol. The molecule has 8 heteroatoms. The van der Waals surface area contributed by atoms with Crippen molar-refractivity contribution in [3.63, 3.8) is 0 Å². The molecule has 0 aliphatic rings. The molecular formula is C13H18Cl2N2O3S. The SMILES string of the molecule is CN(CC(=O)NC(C)(C)C)S(=O)(=O)c1c(Cl)cccc1Cl. The maximum absolute atomic E-state index is 12.5. The van der Waals surface area contributed by atoms with E-state index >= 15 is 0 Å². The number of hydrogen-bond donors (Lipinski definition) is 1. The Morgan fingerprint density at radius 2 is 1.71 bits per heavy atom. The van der Waals surface area contributed by atoms with E-state index in [9.17, 15) is 13.2 Å². The van der Waals surface area contributed by atoms with E-state index < -0.39 is 21.5 Å². The van der Waals surface area contributed by atoms with Gasteiger partial charge in [0.05, 0.1) is 16.6 Å². The summed E-state index contributed by atoms with van der Waals surface area (Å²) in [6.45, 7) is 5.11. The van der Waals surface area contributed by atoms with Crippen LogP contribution in [0.25, 0.3) is 0 Å². The summed E-state index contributed by atoms with van der Waals surface area (Å²) >= 11 is 11.8. The van der Waals surface area contributed by atoms with E-state index in [0.29, 0.717) is 0 Å². The van der Waals surface area contributed by atoms with Crippen LogP contribution in [-0.4, -0.2) is 37.8 Å².